The number of nitrogens with zero attached hydrogens (tertiary/aromatic N) is 3. The zero-order valence-electron chi connectivity index (χ0n) is 16.5. The van der Waals surface area contributed by atoms with E-state index in [0.29, 0.717) is 10.9 Å². The second-order valence-corrected chi connectivity index (χ2v) is 7.78. The van der Waals surface area contributed by atoms with Gasteiger partial charge in [-0.2, -0.15) is 0 Å². The van der Waals surface area contributed by atoms with Crippen molar-refractivity contribution < 1.29 is 19.7 Å². The molecular weight excluding hydrogens is 412 g/mol. The van der Waals surface area contributed by atoms with E-state index in [1.807, 2.05) is 25.1 Å². The Kier molecular flexibility index (Phi) is 6.63. The summed E-state index contributed by atoms with van der Waals surface area (Å²) >= 11 is 1.13. The van der Waals surface area contributed by atoms with Gasteiger partial charge in [0.25, 0.3) is 5.56 Å². The van der Waals surface area contributed by atoms with Gasteiger partial charge in [-0.1, -0.05) is 30.0 Å². The number of para-hydroxylation sites is 1. The standard InChI is InChI=1S/C19H22N4O6S/c1-11-5-3-4-6-13(11)29-10-12(24)9-23-15-16(22(2)18(28)21-17(15)27)20-19(23)30-8-7-14(25)26/h3-6,12,24H,7-10H2,1-2H3,(H,25,26)(H,21,27,28)/t12-/m0/s1. The Bertz CT molecular complexity index is 1180. The summed E-state index contributed by atoms with van der Waals surface area (Å²) < 4.78 is 8.37. The monoisotopic (exact) mass is 434 g/mol. The number of carbonyl (C=O) groups is 1. The fourth-order valence-corrected chi connectivity index (χ4v) is 3.82. The Hall–Kier alpha value is -3.05. The Labute approximate surface area is 175 Å². The molecule has 0 aliphatic rings. The van der Waals surface area contributed by atoms with Gasteiger partial charge in [-0.15, -0.1) is 0 Å². The second kappa shape index (κ2) is 9.18. The van der Waals surface area contributed by atoms with E-state index in [2.05, 4.69) is 9.97 Å². The van der Waals surface area contributed by atoms with Gasteiger partial charge in [-0.3, -0.25) is 19.1 Å². The number of nitrogens with one attached hydrogen (secondary N) is 1. The van der Waals surface area contributed by atoms with Crippen LogP contribution in [0.3, 0.4) is 0 Å². The number of fused-ring (bicyclic) bond motifs is 1. The van der Waals surface area contributed by atoms with Crippen molar-refractivity contribution in [2.24, 2.45) is 7.05 Å². The molecule has 2 aromatic heterocycles. The first-order chi connectivity index (χ1) is 14.3. The van der Waals surface area contributed by atoms with E-state index in [1.165, 1.54) is 16.2 Å². The van der Waals surface area contributed by atoms with Crippen molar-refractivity contribution in [2.75, 3.05) is 12.4 Å². The predicted octanol–water partition coefficient (Wildman–Crippen LogP) is 0.738. The van der Waals surface area contributed by atoms with Gasteiger partial charge in [-0.05, 0) is 18.6 Å². The van der Waals surface area contributed by atoms with Gasteiger partial charge in [0, 0.05) is 12.8 Å². The van der Waals surface area contributed by atoms with Crippen LogP contribution in [-0.4, -0.2) is 53.7 Å². The van der Waals surface area contributed by atoms with Crippen LogP contribution in [0.5, 0.6) is 5.75 Å². The number of aromatic amines is 1. The van der Waals surface area contributed by atoms with E-state index in [1.54, 1.807) is 6.07 Å². The van der Waals surface area contributed by atoms with Crippen molar-refractivity contribution >= 4 is 28.9 Å². The minimum atomic E-state index is -0.975. The van der Waals surface area contributed by atoms with Gasteiger partial charge >= 0.3 is 11.7 Å². The molecule has 3 N–H and O–H groups in total. The van der Waals surface area contributed by atoms with E-state index in [0.717, 1.165) is 17.3 Å². The molecule has 0 aliphatic heterocycles. The molecule has 0 saturated carbocycles. The average Bonchev–Trinajstić information content (AvgIpc) is 3.04. The number of carboxylic acid groups (broad SMARTS) is 1. The third-order valence-electron chi connectivity index (χ3n) is 4.44. The normalized spacial score (nSPS) is 12.2. The molecule has 30 heavy (non-hydrogen) atoms. The van der Waals surface area contributed by atoms with Crippen molar-refractivity contribution in [3.63, 3.8) is 0 Å². The van der Waals surface area contributed by atoms with Gasteiger partial charge in [-0.25, -0.2) is 9.78 Å². The van der Waals surface area contributed by atoms with Crippen molar-refractivity contribution in [1.82, 2.24) is 19.1 Å². The Morgan fingerprint density at radius 1 is 1.33 bits per heavy atom. The quantitative estimate of drug-likeness (QED) is 0.419. The summed E-state index contributed by atoms with van der Waals surface area (Å²) in [6.07, 6.45) is -1.07. The number of imidazole rings is 1. The highest BCUT2D eigenvalue weighted by molar-refractivity contribution is 7.99. The van der Waals surface area contributed by atoms with Crippen LogP contribution in [0, 0.1) is 6.92 Å². The van der Waals surface area contributed by atoms with Gasteiger partial charge in [0.1, 0.15) is 18.5 Å². The zero-order valence-corrected chi connectivity index (χ0v) is 17.3. The number of hydrogen-bond acceptors (Lipinski definition) is 7. The highest BCUT2D eigenvalue weighted by Gasteiger charge is 2.20. The summed E-state index contributed by atoms with van der Waals surface area (Å²) in [4.78, 5) is 41.7. The van der Waals surface area contributed by atoms with Crippen LogP contribution in [0.4, 0.5) is 0 Å². The Balaban J connectivity index is 1.88. The largest absolute Gasteiger partial charge is 0.491 e. The molecule has 0 bridgehead atoms. The maximum Gasteiger partial charge on any atom is 0.329 e. The second-order valence-electron chi connectivity index (χ2n) is 6.72. The topological polar surface area (TPSA) is 139 Å². The molecule has 0 unspecified atom stereocenters. The van der Waals surface area contributed by atoms with Gasteiger partial charge in [0.15, 0.2) is 16.3 Å². The highest BCUT2D eigenvalue weighted by atomic mass is 32.2. The number of H-pyrrole nitrogens is 1. The molecule has 0 spiro atoms. The molecule has 1 aromatic carbocycles. The Morgan fingerprint density at radius 2 is 2.07 bits per heavy atom. The molecule has 2 heterocycles. The maximum absolute atomic E-state index is 12.4. The number of thioether (sulfide) groups is 1. The van der Waals surface area contributed by atoms with Crippen LogP contribution in [-0.2, 0) is 18.4 Å². The van der Waals surface area contributed by atoms with Crippen LogP contribution in [0.2, 0.25) is 0 Å². The van der Waals surface area contributed by atoms with Gasteiger partial charge in [0.2, 0.25) is 0 Å². The van der Waals surface area contributed by atoms with Crippen molar-refractivity contribution in [3.05, 3.63) is 50.7 Å². The zero-order chi connectivity index (χ0) is 21.8. The number of aromatic nitrogens is 4. The first kappa shape index (κ1) is 21.7. The number of aliphatic carboxylic acids is 1. The Morgan fingerprint density at radius 3 is 2.77 bits per heavy atom. The van der Waals surface area contributed by atoms with E-state index in [4.69, 9.17) is 9.84 Å². The first-order valence-electron chi connectivity index (χ1n) is 9.18. The van der Waals surface area contributed by atoms with Crippen LogP contribution in [0.25, 0.3) is 11.2 Å². The summed E-state index contributed by atoms with van der Waals surface area (Å²) in [7, 11) is 1.47. The van der Waals surface area contributed by atoms with E-state index in [9.17, 15) is 19.5 Å². The molecule has 3 aromatic rings. The van der Waals surface area contributed by atoms with E-state index >= 15 is 0 Å². The SMILES string of the molecule is Cc1ccccc1OC[C@@H](O)Cn1c(SCCC(=O)O)nc2c1c(=O)[nH]c(=O)n2C. The summed E-state index contributed by atoms with van der Waals surface area (Å²) in [5.41, 5.74) is -0.0204. The average molecular weight is 434 g/mol. The number of ether oxygens (including phenoxy) is 1. The lowest BCUT2D eigenvalue weighted by Crippen LogP contribution is -2.30. The van der Waals surface area contributed by atoms with Gasteiger partial charge in [0.05, 0.1) is 13.0 Å². The third kappa shape index (κ3) is 4.74. The van der Waals surface area contributed by atoms with Crippen LogP contribution < -0.4 is 16.0 Å². The lowest BCUT2D eigenvalue weighted by atomic mass is 10.2. The summed E-state index contributed by atoms with van der Waals surface area (Å²) in [6.45, 7) is 1.86. The molecule has 0 radical (unpaired) electrons. The maximum atomic E-state index is 12.4. The highest BCUT2D eigenvalue weighted by Crippen LogP contribution is 2.23. The summed E-state index contributed by atoms with van der Waals surface area (Å²) in [5.74, 6) is -0.0919. The molecule has 0 amide bonds. The van der Waals surface area contributed by atoms with Crippen LogP contribution >= 0.6 is 11.8 Å². The van der Waals surface area contributed by atoms with Crippen molar-refractivity contribution in [1.29, 1.82) is 0 Å². The lowest BCUT2D eigenvalue weighted by Gasteiger charge is -2.16. The molecule has 0 saturated heterocycles. The molecular formula is C19H22N4O6S. The fourth-order valence-electron chi connectivity index (χ4n) is 2.89. The predicted molar refractivity (Wildman–Crippen MR) is 111 cm³/mol. The molecule has 0 aliphatic carbocycles. The number of rotatable bonds is 9. The number of aliphatic hydroxyl groups excluding tert-OH is 1. The van der Waals surface area contributed by atoms with Crippen molar-refractivity contribution in [3.8, 4) is 5.75 Å². The van der Waals surface area contributed by atoms with E-state index < -0.39 is 23.3 Å². The minimum Gasteiger partial charge on any atom is -0.491 e. The number of hydrogen-bond donors (Lipinski definition) is 3. The van der Waals surface area contributed by atoms with Gasteiger partial charge < -0.3 is 19.5 Å². The minimum absolute atomic E-state index is 0.0148. The fraction of sp³-hybridized carbons (Fsp3) is 0.368. The molecule has 10 nitrogen and oxygen atoms in total. The van der Waals surface area contributed by atoms with Crippen molar-refractivity contribution in [2.45, 2.75) is 31.1 Å². The number of carboxylic acids is 1. The smallest absolute Gasteiger partial charge is 0.329 e. The number of aliphatic hydroxyl groups is 1. The molecule has 1 atom stereocenters. The summed E-state index contributed by atoms with van der Waals surface area (Å²) in [5, 5.41) is 19.7. The number of aryl methyl sites for hydroxylation is 2. The van der Waals surface area contributed by atoms with E-state index in [-0.39, 0.29) is 36.5 Å². The summed E-state index contributed by atoms with van der Waals surface area (Å²) in [6, 6.07) is 7.40. The molecule has 0 fully saturated rings. The lowest BCUT2D eigenvalue weighted by molar-refractivity contribution is -0.136. The molecule has 3 rings (SSSR count). The first-order valence-corrected chi connectivity index (χ1v) is 10.2. The van der Waals surface area contributed by atoms with Crippen LogP contribution in [0.15, 0.2) is 39.0 Å². The van der Waals surface area contributed by atoms with Crippen LogP contribution in [0.1, 0.15) is 12.0 Å². The third-order valence-corrected chi connectivity index (χ3v) is 5.42. The number of benzene rings is 1. The molecule has 160 valence electrons. The molecule has 11 heteroatoms.